The summed E-state index contributed by atoms with van der Waals surface area (Å²) in [5, 5.41) is 0. The van der Waals surface area contributed by atoms with Crippen molar-refractivity contribution in [2.24, 2.45) is 5.73 Å². The quantitative estimate of drug-likeness (QED) is 0.910. The molecule has 0 saturated carbocycles. The molecule has 0 aliphatic rings. The average molecular weight is 252 g/mol. The molecule has 2 rings (SSSR count). The number of hydrogen-bond acceptors (Lipinski definition) is 4. The van der Waals surface area contributed by atoms with E-state index in [0.29, 0.717) is 6.61 Å². The van der Waals surface area contributed by atoms with Crippen LogP contribution in [0.4, 0.5) is 4.39 Å². The van der Waals surface area contributed by atoms with Gasteiger partial charge in [0.15, 0.2) is 11.6 Å². The summed E-state index contributed by atoms with van der Waals surface area (Å²) in [6.07, 6.45) is 1.71. The van der Waals surface area contributed by atoms with Crippen molar-refractivity contribution in [1.29, 1.82) is 0 Å². The number of hydrogen-bond donors (Lipinski definition) is 1. The molecule has 90 valence electrons. The van der Waals surface area contributed by atoms with Gasteiger partial charge in [-0.2, -0.15) is 0 Å². The first-order valence-corrected chi connectivity index (χ1v) is 6.10. The molecule has 0 fully saturated rings. The Morgan fingerprint density at radius 2 is 2.35 bits per heavy atom. The van der Waals surface area contributed by atoms with Crippen LogP contribution < -0.4 is 10.5 Å². The second-order valence-electron chi connectivity index (χ2n) is 3.73. The number of nitrogens with two attached hydrogens (primary N) is 1. The number of rotatable bonds is 4. The minimum atomic E-state index is -0.385. The summed E-state index contributed by atoms with van der Waals surface area (Å²) in [5.41, 5.74) is 8.14. The molecule has 0 bridgehead atoms. The number of aromatic nitrogens is 1. The maximum Gasteiger partial charge on any atom is 0.165 e. The van der Waals surface area contributed by atoms with Gasteiger partial charge in [0.05, 0.1) is 10.4 Å². The normalized spacial score (nSPS) is 12.4. The first kappa shape index (κ1) is 12.0. The van der Waals surface area contributed by atoms with E-state index in [4.69, 9.17) is 10.5 Å². The number of halogens is 1. The fraction of sp³-hybridized carbons (Fsp3) is 0.250. The Labute approximate surface area is 103 Å². The molecule has 1 aromatic carbocycles. The summed E-state index contributed by atoms with van der Waals surface area (Å²) in [5.74, 6) is -0.146. The first-order valence-electron chi connectivity index (χ1n) is 5.22. The summed E-state index contributed by atoms with van der Waals surface area (Å²) in [6.45, 7) is 2.14. The molecule has 0 aliphatic carbocycles. The molecule has 5 heteroatoms. The Bertz CT molecular complexity index is 485. The van der Waals surface area contributed by atoms with Gasteiger partial charge in [-0.15, -0.1) is 11.3 Å². The van der Waals surface area contributed by atoms with Crippen molar-refractivity contribution < 1.29 is 9.13 Å². The fourth-order valence-corrected chi connectivity index (χ4v) is 1.89. The zero-order chi connectivity index (χ0) is 12.3. The Kier molecular flexibility index (Phi) is 3.71. The molecule has 0 radical (unpaired) electrons. The van der Waals surface area contributed by atoms with E-state index in [0.717, 1.165) is 10.4 Å². The van der Waals surface area contributed by atoms with E-state index in [1.165, 1.54) is 17.4 Å². The van der Waals surface area contributed by atoms with Gasteiger partial charge >= 0.3 is 0 Å². The predicted molar refractivity (Wildman–Crippen MR) is 65.4 cm³/mol. The fourth-order valence-electron chi connectivity index (χ4n) is 1.38. The van der Waals surface area contributed by atoms with E-state index in [1.807, 2.05) is 6.92 Å². The van der Waals surface area contributed by atoms with Gasteiger partial charge in [-0.05, 0) is 24.6 Å². The third-order valence-corrected chi connectivity index (χ3v) is 3.09. The molecule has 2 aromatic rings. The van der Waals surface area contributed by atoms with E-state index in [1.54, 1.807) is 23.8 Å². The summed E-state index contributed by atoms with van der Waals surface area (Å²) >= 11 is 1.48. The first-order chi connectivity index (χ1) is 8.16. The minimum Gasteiger partial charge on any atom is -0.485 e. The summed E-state index contributed by atoms with van der Waals surface area (Å²) < 4.78 is 19.0. The predicted octanol–water partition coefficient (Wildman–Crippen LogP) is 2.88. The summed E-state index contributed by atoms with van der Waals surface area (Å²) in [7, 11) is 0. The second kappa shape index (κ2) is 5.25. The lowest BCUT2D eigenvalue weighted by Crippen LogP contribution is -2.05. The van der Waals surface area contributed by atoms with E-state index in [-0.39, 0.29) is 17.6 Å². The summed E-state index contributed by atoms with van der Waals surface area (Å²) in [4.78, 5) is 4.88. The smallest absolute Gasteiger partial charge is 0.165 e. The SMILES string of the molecule is C[C@H](N)c1ccc(OCc2cncs2)c(F)c1. The van der Waals surface area contributed by atoms with Crippen LogP contribution in [0.3, 0.4) is 0 Å². The van der Waals surface area contributed by atoms with Crippen LogP contribution in [0, 0.1) is 5.82 Å². The minimum absolute atomic E-state index is 0.181. The molecular weight excluding hydrogens is 239 g/mol. The lowest BCUT2D eigenvalue weighted by molar-refractivity contribution is 0.293. The molecule has 3 nitrogen and oxygen atoms in total. The highest BCUT2D eigenvalue weighted by Crippen LogP contribution is 2.22. The van der Waals surface area contributed by atoms with Crippen molar-refractivity contribution in [1.82, 2.24) is 4.98 Å². The summed E-state index contributed by atoms with van der Waals surface area (Å²) in [6, 6.07) is 4.61. The lowest BCUT2D eigenvalue weighted by atomic mass is 10.1. The molecular formula is C12H13FN2OS. The molecule has 17 heavy (non-hydrogen) atoms. The van der Waals surface area contributed by atoms with Crippen LogP contribution >= 0.6 is 11.3 Å². The van der Waals surface area contributed by atoms with Crippen molar-refractivity contribution >= 4 is 11.3 Å². The molecule has 0 aliphatic heterocycles. The van der Waals surface area contributed by atoms with Crippen LogP contribution in [0.2, 0.25) is 0 Å². The lowest BCUT2D eigenvalue weighted by Gasteiger charge is -2.09. The molecule has 0 saturated heterocycles. The van der Waals surface area contributed by atoms with Crippen LogP contribution in [0.25, 0.3) is 0 Å². The van der Waals surface area contributed by atoms with Gasteiger partial charge in [-0.3, -0.25) is 4.98 Å². The third-order valence-electron chi connectivity index (χ3n) is 2.34. The Hall–Kier alpha value is -1.46. The van der Waals surface area contributed by atoms with Crippen molar-refractivity contribution in [3.8, 4) is 5.75 Å². The Morgan fingerprint density at radius 3 is 2.94 bits per heavy atom. The highest BCUT2D eigenvalue weighted by atomic mass is 32.1. The van der Waals surface area contributed by atoms with Gasteiger partial charge in [0, 0.05) is 12.2 Å². The number of nitrogens with zero attached hydrogens (tertiary/aromatic N) is 1. The molecule has 0 spiro atoms. The van der Waals surface area contributed by atoms with Crippen molar-refractivity contribution in [3.05, 3.63) is 46.2 Å². The van der Waals surface area contributed by atoms with E-state index in [9.17, 15) is 4.39 Å². The van der Waals surface area contributed by atoms with Crippen LogP contribution in [0.15, 0.2) is 29.9 Å². The monoisotopic (exact) mass is 252 g/mol. The Balaban J connectivity index is 2.06. The van der Waals surface area contributed by atoms with Crippen molar-refractivity contribution in [3.63, 3.8) is 0 Å². The molecule has 1 heterocycles. The Morgan fingerprint density at radius 1 is 1.53 bits per heavy atom. The van der Waals surface area contributed by atoms with E-state index >= 15 is 0 Å². The molecule has 1 aromatic heterocycles. The van der Waals surface area contributed by atoms with Gasteiger partial charge in [-0.1, -0.05) is 6.07 Å². The molecule has 0 unspecified atom stereocenters. The largest absolute Gasteiger partial charge is 0.485 e. The van der Waals surface area contributed by atoms with Gasteiger partial charge < -0.3 is 10.5 Å². The van der Waals surface area contributed by atoms with Gasteiger partial charge in [0.1, 0.15) is 6.61 Å². The standard InChI is InChI=1S/C12H13FN2OS/c1-8(14)9-2-3-12(11(13)4-9)16-6-10-5-15-7-17-10/h2-5,7-8H,6,14H2,1H3/t8-/m0/s1. The molecule has 0 amide bonds. The maximum atomic E-state index is 13.6. The number of thiazole rings is 1. The highest BCUT2D eigenvalue weighted by molar-refractivity contribution is 7.09. The van der Waals surface area contributed by atoms with Gasteiger partial charge in [0.2, 0.25) is 0 Å². The topological polar surface area (TPSA) is 48.1 Å². The molecule has 1 atom stereocenters. The highest BCUT2D eigenvalue weighted by Gasteiger charge is 2.07. The van der Waals surface area contributed by atoms with E-state index < -0.39 is 0 Å². The third kappa shape index (κ3) is 3.01. The zero-order valence-corrected chi connectivity index (χ0v) is 10.2. The van der Waals surface area contributed by atoms with Crippen LogP contribution in [-0.2, 0) is 6.61 Å². The van der Waals surface area contributed by atoms with Crippen LogP contribution in [0.5, 0.6) is 5.75 Å². The number of benzene rings is 1. The number of ether oxygens (including phenoxy) is 1. The van der Waals surface area contributed by atoms with Crippen molar-refractivity contribution in [2.75, 3.05) is 0 Å². The van der Waals surface area contributed by atoms with Gasteiger partial charge in [-0.25, -0.2) is 4.39 Å². The zero-order valence-electron chi connectivity index (χ0n) is 9.39. The van der Waals surface area contributed by atoms with Crippen molar-refractivity contribution in [2.45, 2.75) is 19.6 Å². The maximum absolute atomic E-state index is 13.6. The van der Waals surface area contributed by atoms with Gasteiger partial charge in [0.25, 0.3) is 0 Å². The van der Waals surface area contributed by atoms with Crippen LogP contribution in [-0.4, -0.2) is 4.98 Å². The second-order valence-corrected chi connectivity index (χ2v) is 4.71. The average Bonchev–Trinajstić information content (AvgIpc) is 2.80. The van der Waals surface area contributed by atoms with Crippen LogP contribution in [0.1, 0.15) is 23.4 Å². The van der Waals surface area contributed by atoms with E-state index in [2.05, 4.69) is 4.98 Å². The molecule has 2 N–H and O–H groups in total.